The van der Waals surface area contributed by atoms with Crippen LogP contribution < -0.4 is 11.0 Å². The van der Waals surface area contributed by atoms with Crippen molar-refractivity contribution in [3.05, 3.63) is 75.7 Å². The zero-order chi connectivity index (χ0) is 20.0. The van der Waals surface area contributed by atoms with Crippen LogP contribution in [0.5, 0.6) is 5.75 Å². The first-order valence-corrected chi connectivity index (χ1v) is 9.42. The molecule has 0 aliphatic carbocycles. The van der Waals surface area contributed by atoms with Gasteiger partial charge in [-0.1, -0.05) is 30.3 Å². The number of fused-ring (bicyclic) bond motifs is 1. The molecule has 4 aromatic rings. The number of pyridine rings is 1. The van der Waals surface area contributed by atoms with Gasteiger partial charge >= 0.3 is 0 Å². The summed E-state index contributed by atoms with van der Waals surface area (Å²) in [5.41, 5.74) is 5.07. The predicted octanol–water partition coefficient (Wildman–Crippen LogP) is 2.90. The maximum Gasteiger partial charge on any atom is 0.280 e. The van der Waals surface area contributed by atoms with E-state index in [0.717, 1.165) is 34.9 Å². The zero-order valence-corrected chi connectivity index (χ0v) is 15.5. The van der Waals surface area contributed by atoms with Crippen molar-refractivity contribution < 1.29 is 9.90 Å². The molecule has 29 heavy (non-hydrogen) atoms. The maximum absolute atomic E-state index is 12.9. The molecular formula is C22H18N4O3. The fourth-order valence-electron chi connectivity index (χ4n) is 4.04. The third-order valence-corrected chi connectivity index (χ3v) is 5.39. The number of hydrogen-bond acceptors (Lipinski definition) is 4. The summed E-state index contributed by atoms with van der Waals surface area (Å²) in [6, 6.07) is 13.2. The van der Waals surface area contributed by atoms with Gasteiger partial charge in [0.05, 0.1) is 11.7 Å². The lowest BCUT2D eigenvalue weighted by molar-refractivity contribution is 0.0950. The van der Waals surface area contributed by atoms with E-state index in [4.69, 9.17) is 0 Å². The Balaban J connectivity index is 1.51. The van der Waals surface area contributed by atoms with E-state index in [1.54, 1.807) is 16.8 Å². The average Bonchev–Trinajstić information content (AvgIpc) is 3.15. The fourth-order valence-corrected chi connectivity index (χ4v) is 4.04. The molecule has 5 rings (SSSR count). The summed E-state index contributed by atoms with van der Waals surface area (Å²) in [7, 11) is 0. The Kier molecular flexibility index (Phi) is 3.94. The maximum atomic E-state index is 12.9. The molecule has 2 aromatic carbocycles. The summed E-state index contributed by atoms with van der Waals surface area (Å²) in [5, 5.41) is 16.1. The number of aryl methyl sites for hydroxylation is 2. The molecule has 2 aromatic heterocycles. The van der Waals surface area contributed by atoms with Crippen LogP contribution in [0, 0.1) is 0 Å². The minimum Gasteiger partial charge on any atom is -0.506 e. The standard InChI is InChI=1S/C22H18N4O3/c27-20-16-8-3-5-13-6-4-10-26(19(13)16)22(29)18(20)21(28)25-24-12-14-11-23-17-9-2-1-7-15(14)17/h1-3,5,7-9,11-12,23,27H,4,6,10H2,(H,25,28)/b24-12+. The number of H-pyrrole nitrogens is 1. The minimum atomic E-state index is -0.731. The smallest absolute Gasteiger partial charge is 0.280 e. The van der Waals surface area contributed by atoms with Crippen molar-refractivity contribution in [3.63, 3.8) is 0 Å². The van der Waals surface area contributed by atoms with Crippen LogP contribution in [-0.2, 0) is 13.0 Å². The molecule has 0 spiro atoms. The first-order valence-electron chi connectivity index (χ1n) is 9.42. The van der Waals surface area contributed by atoms with E-state index in [0.29, 0.717) is 17.4 Å². The highest BCUT2D eigenvalue weighted by molar-refractivity contribution is 6.04. The van der Waals surface area contributed by atoms with E-state index in [1.807, 2.05) is 36.4 Å². The summed E-state index contributed by atoms with van der Waals surface area (Å²) in [4.78, 5) is 28.7. The number of hydrogen-bond donors (Lipinski definition) is 3. The molecule has 1 amide bonds. The lowest BCUT2D eigenvalue weighted by Crippen LogP contribution is -2.33. The summed E-state index contributed by atoms with van der Waals surface area (Å²) in [6.45, 7) is 0.519. The molecule has 0 bridgehead atoms. The Labute approximate surface area is 165 Å². The molecule has 0 radical (unpaired) electrons. The third-order valence-electron chi connectivity index (χ3n) is 5.39. The van der Waals surface area contributed by atoms with Crippen LogP contribution in [0.3, 0.4) is 0 Å². The number of aromatic amines is 1. The van der Waals surface area contributed by atoms with Crippen LogP contribution in [0.1, 0.15) is 27.9 Å². The molecule has 3 heterocycles. The number of amides is 1. The van der Waals surface area contributed by atoms with E-state index in [-0.39, 0.29) is 11.3 Å². The lowest BCUT2D eigenvalue weighted by atomic mass is 9.99. The van der Waals surface area contributed by atoms with Crippen molar-refractivity contribution in [3.8, 4) is 5.75 Å². The highest BCUT2D eigenvalue weighted by Crippen LogP contribution is 2.31. The second kappa shape index (κ2) is 6.63. The second-order valence-electron chi connectivity index (χ2n) is 7.09. The van der Waals surface area contributed by atoms with E-state index >= 15 is 0 Å². The molecule has 7 nitrogen and oxygen atoms in total. The number of nitrogens with zero attached hydrogens (tertiary/aromatic N) is 2. The quantitative estimate of drug-likeness (QED) is 0.373. The number of rotatable bonds is 3. The number of benzene rings is 2. The Morgan fingerprint density at radius 2 is 2.00 bits per heavy atom. The van der Waals surface area contributed by atoms with Gasteiger partial charge in [0.1, 0.15) is 11.3 Å². The molecule has 0 fully saturated rings. The SMILES string of the molecule is O=C(N/N=C/c1c[nH]c2ccccc12)c1c(O)c2cccc3c2n(c1=O)CCC3. The van der Waals surface area contributed by atoms with Gasteiger partial charge in [0.15, 0.2) is 0 Å². The second-order valence-corrected chi connectivity index (χ2v) is 7.09. The Morgan fingerprint density at radius 3 is 2.90 bits per heavy atom. The summed E-state index contributed by atoms with van der Waals surface area (Å²) in [6.07, 6.45) is 4.95. The van der Waals surface area contributed by atoms with Crippen LogP contribution in [0.15, 0.2) is 58.6 Å². The van der Waals surface area contributed by atoms with Gasteiger partial charge in [0.25, 0.3) is 11.5 Å². The van der Waals surface area contributed by atoms with Gasteiger partial charge in [-0.25, -0.2) is 5.43 Å². The molecule has 0 saturated carbocycles. The van der Waals surface area contributed by atoms with E-state index in [2.05, 4.69) is 15.5 Å². The van der Waals surface area contributed by atoms with Crippen molar-refractivity contribution in [2.24, 2.45) is 5.10 Å². The summed E-state index contributed by atoms with van der Waals surface area (Å²) >= 11 is 0. The summed E-state index contributed by atoms with van der Waals surface area (Å²) in [5.74, 6) is -1.03. The number of aromatic nitrogens is 2. The predicted molar refractivity (Wildman–Crippen MR) is 112 cm³/mol. The minimum absolute atomic E-state index is 0.285. The Hall–Kier alpha value is -3.87. The molecule has 7 heteroatoms. The Morgan fingerprint density at radius 1 is 1.17 bits per heavy atom. The average molecular weight is 386 g/mol. The molecular weight excluding hydrogens is 368 g/mol. The van der Waals surface area contributed by atoms with Crippen LogP contribution in [0.2, 0.25) is 0 Å². The summed E-state index contributed by atoms with van der Waals surface area (Å²) < 4.78 is 1.58. The van der Waals surface area contributed by atoms with Gasteiger partial charge in [-0.2, -0.15) is 5.10 Å². The molecule has 0 unspecified atom stereocenters. The van der Waals surface area contributed by atoms with Crippen LogP contribution >= 0.6 is 0 Å². The van der Waals surface area contributed by atoms with Crippen molar-refractivity contribution in [1.29, 1.82) is 0 Å². The molecule has 1 aliphatic heterocycles. The topological polar surface area (TPSA) is 99.5 Å². The van der Waals surface area contributed by atoms with E-state index in [9.17, 15) is 14.7 Å². The fraction of sp³-hybridized carbons (Fsp3) is 0.136. The van der Waals surface area contributed by atoms with E-state index in [1.165, 1.54) is 6.21 Å². The van der Waals surface area contributed by atoms with Gasteiger partial charge < -0.3 is 14.7 Å². The van der Waals surface area contributed by atoms with Crippen molar-refractivity contribution in [2.45, 2.75) is 19.4 Å². The van der Waals surface area contributed by atoms with Crippen LogP contribution in [-0.4, -0.2) is 26.8 Å². The van der Waals surface area contributed by atoms with Gasteiger partial charge in [0, 0.05) is 34.6 Å². The highest BCUT2D eigenvalue weighted by Gasteiger charge is 2.24. The molecule has 0 atom stereocenters. The van der Waals surface area contributed by atoms with Gasteiger partial charge in [0.2, 0.25) is 0 Å². The number of carbonyl (C=O) groups is 1. The zero-order valence-electron chi connectivity index (χ0n) is 15.5. The third kappa shape index (κ3) is 2.70. The molecule has 0 saturated heterocycles. The molecule has 1 aliphatic rings. The number of hydrazone groups is 1. The van der Waals surface area contributed by atoms with E-state index < -0.39 is 11.5 Å². The van der Waals surface area contributed by atoms with Crippen LogP contribution in [0.25, 0.3) is 21.8 Å². The number of aromatic hydroxyl groups is 1. The van der Waals surface area contributed by atoms with Crippen LogP contribution in [0.4, 0.5) is 0 Å². The van der Waals surface area contributed by atoms with Crippen molar-refractivity contribution in [1.82, 2.24) is 15.0 Å². The Bertz CT molecular complexity index is 1360. The first-order chi connectivity index (χ1) is 14.1. The number of nitrogens with one attached hydrogen (secondary N) is 2. The van der Waals surface area contributed by atoms with Gasteiger partial charge in [-0.3, -0.25) is 9.59 Å². The number of carbonyl (C=O) groups excluding carboxylic acids is 1. The van der Waals surface area contributed by atoms with Gasteiger partial charge in [-0.05, 0) is 30.5 Å². The molecule has 144 valence electrons. The van der Waals surface area contributed by atoms with Crippen molar-refractivity contribution >= 4 is 33.9 Å². The highest BCUT2D eigenvalue weighted by atomic mass is 16.3. The number of para-hydroxylation sites is 2. The van der Waals surface area contributed by atoms with Crippen molar-refractivity contribution in [2.75, 3.05) is 0 Å². The van der Waals surface area contributed by atoms with Gasteiger partial charge in [-0.15, -0.1) is 0 Å². The largest absolute Gasteiger partial charge is 0.506 e. The molecule has 3 N–H and O–H groups in total. The first kappa shape index (κ1) is 17.2. The lowest BCUT2D eigenvalue weighted by Gasteiger charge is -2.21. The normalized spacial score (nSPS) is 13.4. The monoisotopic (exact) mass is 386 g/mol.